The third-order valence-electron chi connectivity index (χ3n) is 2.65. The second-order valence-corrected chi connectivity index (χ2v) is 6.45. The number of H-pyrrole nitrogens is 1. The molecule has 3 nitrogen and oxygen atoms in total. The molecule has 7 heteroatoms. The van der Waals surface area contributed by atoms with Crippen LogP contribution in [0.25, 0.3) is 16.9 Å². The first-order valence-corrected chi connectivity index (χ1v) is 7.65. The molecule has 0 aliphatic heterocycles. The lowest BCUT2D eigenvalue weighted by molar-refractivity contribution is 1.04. The largest absolute Gasteiger partial charge is 0.329 e. The summed E-state index contributed by atoms with van der Waals surface area (Å²) in [6.07, 6.45) is 1.74. The molecule has 1 aromatic carbocycles. The summed E-state index contributed by atoms with van der Waals surface area (Å²) >= 11 is 18.2. The van der Waals surface area contributed by atoms with Crippen molar-refractivity contribution in [2.45, 2.75) is 0 Å². The van der Waals surface area contributed by atoms with E-state index < -0.39 is 0 Å². The Labute approximate surface area is 135 Å². The van der Waals surface area contributed by atoms with Crippen molar-refractivity contribution in [2.24, 2.45) is 0 Å². The maximum atomic E-state index is 6.01. The monoisotopic (exact) mass is 417 g/mol. The van der Waals surface area contributed by atoms with Gasteiger partial charge in [-0.1, -0.05) is 11.6 Å². The Hall–Kier alpha value is -0.690. The fraction of sp³-hybridized carbons (Fsp3) is 0. The fourth-order valence-corrected chi connectivity index (χ4v) is 2.95. The van der Waals surface area contributed by atoms with Gasteiger partial charge in [-0.2, -0.15) is 0 Å². The molecule has 0 aliphatic rings. The number of rotatable bonds is 1. The molecule has 96 valence electrons. The number of fused-ring (bicyclic) bond motifs is 1. The van der Waals surface area contributed by atoms with E-state index >= 15 is 0 Å². The van der Waals surface area contributed by atoms with Crippen LogP contribution in [-0.2, 0) is 0 Å². The summed E-state index contributed by atoms with van der Waals surface area (Å²) < 4.78 is 4.19. The lowest BCUT2D eigenvalue weighted by atomic mass is 10.3. The number of nitrogens with zero attached hydrogens (tertiary/aromatic N) is 2. The van der Waals surface area contributed by atoms with Crippen LogP contribution >= 0.6 is 55.7 Å². The molecule has 0 radical (unpaired) electrons. The predicted octanol–water partition coefficient (Wildman–Crippen LogP) is 5.26. The number of imidazole rings is 1. The SMILES string of the molecule is S=c1[nH]c2cc(Br)cnc2n1-c1ccc(Cl)c(Br)c1. The number of benzene rings is 1. The van der Waals surface area contributed by atoms with Crippen LogP contribution in [0.2, 0.25) is 5.02 Å². The molecule has 3 rings (SSSR count). The molecular weight excluding hydrogens is 413 g/mol. The molecule has 0 saturated carbocycles. The quantitative estimate of drug-likeness (QED) is 0.546. The van der Waals surface area contributed by atoms with Crippen molar-refractivity contribution in [3.8, 4) is 5.69 Å². The van der Waals surface area contributed by atoms with Gasteiger partial charge >= 0.3 is 0 Å². The normalized spacial score (nSPS) is 11.1. The molecule has 0 bridgehead atoms. The van der Waals surface area contributed by atoms with E-state index in [9.17, 15) is 0 Å². The minimum Gasteiger partial charge on any atom is -0.329 e. The lowest BCUT2D eigenvalue weighted by Crippen LogP contribution is -1.95. The van der Waals surface area contributed by atoms with E-state index in [1.54, 1.807) is 6.20 Å². The molecule has 0 spiro atoms. The molecule has 1 N–H and O–H groups in total. The van der Waals surface area contributed by atoms with Gasteiger partial charge in [0.15, 0.2) is 10.4 Å². The van der Waals surface area contributed by atoms with Gasteiger partial charge in [-0.15, -0.1) is 0 Å². The van der Waals surface area contributed by atoms with E-state index in [-0.39, 0.29) is 0 Å². The van der Waals surface area contributed by atoms with Gasteiger partial charge in [0.25, 0.3) is 0 Å². The van der Waals surface area contributed by atoms with Crippen LogP contribution in [0.3, 0.4) is 0 Å². The van der Waals surface area contributed by atoms with Crippen molar-refractivity contribution in [1.82, 2.24) is 14.5 Å². The number of aromatic amines is 1. The van der Waals surface area contributed by atoms with Crippen LogP contribution in [0.4, 0.5) is 0 Å². The maximum absolute atomic E-state index is 6.01. The smallest absolute Gasteiger partial charge is 0.183 e. The number of aromatic nitrogens is 3. The van der Waals surface area contributed by atoms with Gasteiger partial charge in [-0.25, -0.2) is 4.98 Å². The highest BCUT2D eigenvalue weighted by Gasteiger charge is 2.09. The van der Waals surface area contributed by atoms with E-state index in [1.807, 2.05) is 28.8 Å². The first-order chi connectivity index (χ1) is 9.06. The molecule has 2 aromatic heterocycles. The number of nitrogens with one attached hydrogen (secondary N) is 1. The Morgan fingerprint density at radius 2 is 2.05 bits per heavy atom. The Morgan fingerprint density at radius 3 is 2.79 bits per heavy atom. The summed E-state index contributed by atoms with van der Waals surface area (Å²) in [7, 11) is 0. The van der Waals surface area contributed by atoms with Crippen LogP contribution in [0.1, 0.15) is 0 Å². The van der Waals surface area contributed by atoms with Crippen LogP contribution in [-0.4, -0.2) is 14.5 Å². The molecule has 19 heavy (non-hydrogen) atoms. The third kappa shape index (κ3) is 2.38. The molecule has 3 aromatic rings. The second kappa shape index (κ2) is 5.01. The van der Waals surface area contributed by atoms with Crippen LogP contribution in [0.5, 0.6) is 0 Å². The Kier molecular flexibility index (Phi) is 3.51. The Morgan fingerprint density at radius 1 is 1.26 bits per heavy atom. The Bertz CT molecular complexity index is 841. The van der Waals surface area contributed by atoms with Crippen molar-refractivity contribution in [3.63, 3.8) is 0 Å². The van der Waals surface area contributed by atoms with Crippen molar-refractivity contribution >= 4 is 66.8 Å². The third-order valence-corrected chi connectivity index (χ3v) is 4.58. The van der Waals surface area contributed by atoms with Gasteiger partial charge in [0.2, 0.25) is 0 Å². The van der Waals surface area contributed by atoms with E-state index in [0.29, 0.717) is 9.79 Å². The average Bonchev–Trinajstić information content (AvgIpc) is 2.68. The standard InChI is InChI=1S/C12H6Br2ClN3S/c13-6-3-10-11(16-5-6)18(12(19)17-10)7-1-2-9(15)8(14)4-7/h1-5H,(H,17,19). The van der Waals surface area contributed by atoms with Gasteiger partial charge < -0.3 is 4.98 Å². The zero-order chi connectivity index (χ0) is 13.6. The first-order valence-electron chi connectivity index (χ1n) is 5.28. The van der Waals surface area contributed by atoms with Crippen molar-refractivity contribution in [1.29, 1.82) is 0 Å². The maximum Gasteiger partial charge on any atom is 0.183 e. The zero-order valence-corrected chi connectivity index (χ0v) is 14.1. The number of pyridine rings is 1. The second-order valence-electron chi connectivity index (χ2n) is 3.89. The molecule has 0 amide bonds. The molecular formula is C12H6Br2ClN3S. The fourth-order valence-electron chi connectivity index (χ4n) is 1.83. The lowest BCUT2D eigenvalue weighted by Gasteiger charge is -2.05. The predicted molar refractivity (Wildman–Crippen MR) is 86.7 cm³/mol. The minimum absolute atomic E-state index is 0.592. The number of hydrogen-bond acceptors (Lipinski definition) is 2. The molecule has 0 fully saturated rings. The van der Waals surface area contributed by atoms with Gasteiger partial charge in [-0.3, -0.25) is 4.57 Å². The van der Waals surface area contributed by atoms with Crippen LogP contribution in [0.15, 0.2) is 39.4 Å². The zero-order valence-electron chi connectivity index (χ0n) is 9.32. The van der Waals surface area contributed by atoms with Gasteiger partial charge in [0.05, 0.1) is 16.2 Å². The van der Waals surface area contributed by atoms with Crippen molar-refractivity contribution < 1.29 is 0 Å². The number of halogens is 3. The molecule has 0 saturated heterocycles. The highest BCUT2D eigenvalue weighted by Crippen LogP contribution is 2.27. The summed E-state index contributed by atoms with van der Waals surface area (Å²) in [6, 6.07) is 7.58. The van der Waals surface area contributed by atoms with Crippen molar-refractivity contribution in [3.05, 3.63) is 49.2 Å². The van der Waals surface area contributed by atoms with Crippen LogP contribution in [0, 0.1) is 4.77 Å². The molecule has 2 heterocycles. The molecule has 0 atom stereocenters. The van der Waals surface area contributed by atoms with E-state index in [0.717, 1.165) is 25.8 Å². The highest BCUT2D eigenvalue weighted by atomic mass is 79.9. The van der Waals surface area contributed by atoms with Gasteiger partial charge in [0, 0.05) is 15.1 Å². The molecule has 0 aliphatic carbocycles. The van der Waals surface area contributed by atoms with Gasteiger partial charge in [0.1, 0.15) is 0 Å². The average molecular weight is 420 g/mol. The van der Waals surface area contributed by atoms with E-state index in [2.05, 4.69) is 41.8 Å². The summed E-state index contributed by atoms with van der Waals surface area (Å²) in [5.41, 5.74) is 2.57. The summed E-state index contributed by atoms with van der Waals surface area (Å²) in [4.78, 5) is 7.54. The van der Waals surface area contributed by atoms with Gasteiger partial charge in [-0.05, 0) is 68.3 Å². The molecule has 0 unspecified atom stereocenters. The van der Waals surface area contributed by atoms with E-state index in [1.165, 1.54) is 0 Å². The minimum atomic E-state index is 0.592. The van der Waals surface area contributed by atoms with Crippen LogP contribution < -0.4 is 0 Å². The van der Waals surface area contributed by atoms with E-state index in [4.69, 9.17) is 23.8 Å². The van der Waals surface area contributed by atoms with Crippen molar-refractivity contribution in [2.75, 3.05) is 0 Å². The number of hydrogen-bond donors (Lipinski definition) is 1. The summed E-state index contributed by atoms with van der Waals surface area (Å²) in [6.45, 7) is 0. The highest BCUT2D eigenvalue weighted by molar-refractivity contribution is 9.10. The summed E-state index contributed by atoms with van der Waals surface area (Å²) in [5.74, 6) is 0. The Balaban J connectivity index is 2.32. The summed E-state index contributed by atoms with van der Waals surface area (Å²) in [5, 5.41) is 0.658. The first kappa shape index (κ1) is 13.3. The topological polar surface area (TPSA) is 33.6 Å².